The van der Waals surface area contributed by atoms with Crippen LogP contribution in [0.5, 0.6) is 0 Å². The molecule has 0 atom stereocenters. The number of halogens is 4. The Balaban J connectivity index is 2.70. The van der Waals surface area contributed by atoms with Crippen LogP contribution in [-0.4, -0.2) is 9.97 Å². The van der Waals surface area contributed by atoms with Gasteiger partial charge in [0.2, 0.25) is 0 Å². The predicted molar refractivity (Wildman–Crippen MR) is 61.8 cm³/mol. The first-order valence-corrected chi connectivity index (χ1v) is 5.44. The molecule has 1 aromatic heterocycles. The molecule has 2 rings (SSSR count). The summed E-state index contributed by atoms with van der Waals surface area (Å²) in [5, 5.41) is -0.0528. The average molecular weight is 273 g/mol. The van der Waals surface area contributed by atoms with Crippen LogP contribution >= 0.6 is 11.6 Å². The number of hydrogen-bond donors (Lipinski definition) is 0. The SMILES string of the molecule is Cc1nc(Cl)c(-c2ccc(F)c(F)c2F)nc1C. The minimum atomic E-state index is -1.55. The van der Waals surface area contributed by atoms with Crippen LogP contribution in [0.1, 0.15) is 11.4 Å². The number of aromatic nitrogens is 2. The molecule has 18 heavy (non-hydrogen) atoms. The molecule has 0 saturated heterocycles. The van der Waals surface area contributed by atoms with Crippen molar-refractivity contribution in [2.24, 2.45) is 0 Å². The third-order valence-electron chi connectivity index (χ3n) is 2.55. The van der Waals surface area contributed by atoms with Gasteiger partial charge < -0.3 is 0 Å². The Kier molecular flexibility index (Phi) is 3.26. The lowest BCUT2D eigenvalue weighted by Gasteiger charge is -2.08. The first-order chi connectivity index (χ1) is 8.41. The lowest BCUT2D eigenvalue weighted by molar-refractivity contribution is 0.449. The van der Waals surface area contributed by atoms with Crippen molar-refractivity contribution in [3.05, 3.63) is 46.1 Å². The summed E-state index contributed by atoms with van der Waals surface area (Å²) >= 11 is 5.84. The van der Waals surface area contributed by atoms with E-state index in [1.54, 1.807) is 13.8 Å². The van der Waals surface area contributed by atoms with Crippen molar-refractivity contribution >= 4 is 11.6 Å². The van der Waals surface area contributed by atoms with Gasteiger partial charge in [-0.3, -0.25) is 0 Å². The Morgan fingerprint density at radius 2 is 1.56 bits per heavy atom. The average Bonchev–Trinajstić information content (AvgIpc) is 2.32. The summed E-state index contributed by atoms with van der Waals surface area (Å²) in [5.74, 6) is -4.14. The molecule has 0 aliphatic heterocycles. The van der Waals surface area contributed by atoms with Crippen molar-refractivity contribution in [2.75, 3.05) is 0 Å². The molecule has 0 spiro atoms. The fraction of sp³-hybridized carbons (Fsp3) is 0.167. The second-order valence-electron chi connectivity index (χ2n) is 3.76. The third-order valence-corrected chi connectivity index (χ3v) is 2.82. The molecular formula is C12H8ClF3N2. The van der Waals surface area contributed by atoms with Gasteiger partial charge in [0.05, 0.1) is 11.4 Å². The van der Waals surface area contributed by atoms with Gasteiger partial charge in [-0.25, -0.2) is 23.1 Å². The van der Waals surface area contributed by atoms with Gasteiger partial charge in [-0.15, -0.1) is 0 Å². The van der Waals surface area contributed by atoms with Crippen molar-refractivity contribution in [3.8, 4) is 11.3 Å². The second-order valence-corrected chi connectivity index (χ2v) is 4.11. The molecule has 2 nitrogen and oxygen atoms in total. The first kappa shape index (κ1) is 12.8. The minimum absolute atomic E-state index is 0.00355. The molecule has 1 aromatic carbocycles. The molecule has 1 heterocycles. The smallest absolute Gasteiger partial charge is 0.195 e. The van der Waals surface area contributed by atoms with Crippen molar-refractivity contribution in [2.45, 2.75) is 13.8 Å². The van der Waals surface area contributed by atoms with E-state index in [-0.39, 0.29) is 16.4 Å². The molecule has 0 fully saturated rings. The van der Waals surface area contributed by atoms with Crippen molar-refractivity contribution in [3.63, 3.8) is 0 Å². The molecule has 0 radical (unpaired) electrons. The number of rotatable bonds is 1. The maximum absolute atomic E-state index is 13.6. The molecule has 0 unspecified atom stereocenters. The molecule has 0 amide bonds. The van der Waals surface area contributed by atoms with E-state index in [1.165, 1.54) is 0 Å². The zero-order valence-electron chi connectivity index (χ0n) is 9.56. The standard InChI is InChI=1S/C12H8ClF3N2/c1-5-6(2)18-12(13)11(17-5)7-3-4-8(14)10(16)9(7)15/h3-4H,1-2H3. The van der Waals surface area contributed by atoms with E-state index in [2.05, 4.69) is 9.97 Å². The maximum Gasteiger partial charge on any atom is 0.195 e. The molecule has 2 aromatic rings. The fourth-order valence-electron chi connectivity index (χ4n) is 1.46. The van der Waals surface area contributed by atoms with Crippen LogP contribution < -0.4 is 0 Å². The topological polar surface area (TPSA) is 25.8 Å². The predicted octanol–water partition coefficient (Wildman–Crippen LogP) is 3.83. The van der Waals surface area contributed by atoms with Gasteiger partial charge in [-0.05, 0) is 26.0 Å². The van der Waals surface area contributed by atoms with Crippen molar-refractivity contribution in [1.82, 2.24) is 9.97 Å². The van der Waals surface area contributed by atoms with Gasteiger partial charge in [-0.1, -0.05) is 11.6 Å². The Bertz CT molecular complexity index is 629. The number of hydrogen-bond acceptors (Lipinski definition) is 2. The summed E-state index contributed by atoms with van der Waals surface area (Å²) < 4.78 is 39.6. The molecule has 0 bridgehead atoms. The van der Waals surface area contributed by atoms with Gasteiger partial charge in [0, 0.05) is 5.56 Å². The van der Waals surface area contributed by atoms with E-state index >= 15 is 0 Å². The Morgan fingerprint density at radius 3 is 2.22 bits per heavy atom. The third kappa shape index (κ3) is 2.06. The minimum Gasteiger partial charge on any atom is -0.248 e. The van der Waals surface area contributed by atoms with Crippen LogP contribution in [0.2, 0.25) is 5.15 Å². The van der Waals surface area contributed by atoms with Gasteiger partial charge >= 0.3 is 0 Å². The van der Waals surface area contributed by atoms with Gasteiger partial charge in [0.25, 0.3) is 0 Å². The quantitative estimate of drug-likeness (QED) is 0.737. The van der Waals surface area contributed by atoms with E-state index in [0.717, 1.165) is 12.1 Å². The highest BCUT2D eigenvalue weighted by Crippen LogP contribution is 2.29. The van der Waals surface area contributed by atoms with Gasteiger partial charge in [0.1, 0.15) is 5.69 Å². The summed E-state index contributed by atoms with van der Waals surface area (Å²) in [4.78, 5) is 8.01. The summed E-state index contributed by atoms with van der Waals surface area (Å²) in [6, 6.07) is 1.90. The molecule has 0 saturated carbocycles. The van der Waals surface area contributed by atoms with Gasteiger partial charge in [0.15, 0.2) is 22.6 Å². The monoisotopic (exact) mass is 272 g/mol. The maximum atomic E-state index is 13.6. The Morgan fingerprint density at radius 1 is 0.944 bits per heavy atom. The largest absolute Gasteiger partial charge is 0.248 e. The van der Waals surface area contributed by atoms with Crippen LogP contribution in [0.4, 0.5) is 13.2 Å². The lowest BCUT2D eigenvalue weighted by atomic mass is 10.1. The normalized spacial score (nSPS) is 10.8. The number of benzene rings is 1. The van der Waals surface area contributed by atoms with Crippen LogP contribution in [0.3, 0.4) is 0 Å². The number of aryl methyl sites for hydroxylation is 2. The Hall–Kier alpha value is -1.62. The molecule has 0 aliphatic carbocycles. The summed E-state index contributed by atoms with van der Waals surface area (Å²) in [7, 11) is 0. The van der Waals surface area contributed by atoms with E-state index in [0.29, 0.717) is 11.4 Å². The van der Waals surface area contributed by atoms with Crippen molar-refractivity contribution < 1.29 is 13.2 Å². The Labute approximate surface area is 106 Å². The summed E-state index contributed by atoms with van der Waals surface area (Å²) in [5.41, 5.74) is 0.913. The van der Waals surface area contributed by atoms with Crippen molar-refractivity contribution in [1.29, 1.82) is 0 Å². The highest BCUT2D eigenvalue weighted by Gasteiger charge is 2.19. The second kappa shape index (κ2) is 4.57. The van der Waals surface area contributed by atoms with E-state index < -0.39 is 17.5 Å². The highest BCUT2D eigenvalue weighted by molar-refractivity contribution is 6.31. The van der Waals surface area contributed by atoms with E-state index in [1.807, 2.05) is 0 Å². The summed E-state index contributed by atoms with van der Waals surface area (Å²) in [6.07, 6.45) is 0. The molecule has 0 N–H and O–H groups in total. The zero-order valence-corrected chi connectivity index (χ0v) is 10.3. The zero-order chi connectivity index (χ0) is 13.4. The fourth-order valence-corrected chi connectivity index (χ4v) is 1.73. The first-order valence-electron chi connectivity index (χ1n) is 5.06. The van der Waals surface area contributed by atoms with Gasteiger partial charge in [-0.2, -0.15) is 0 Å². The van der Waals surface area contributed by atoms with Crippen LogP contribution in [0.25, 0.3) is 11.3 Å². The van der Waals surface area contributed by atoms with Crippen LogP contribution in [0.15, 0.2) is 12.1 Å². The highest BCUT2D eigenvalue weighted by atomic mass is 35.5. The lowest BCUT2D eigenvalue weighted by Crippen LogP contribution is -2.00. The van der Waals surface area contributed by atoms with Crippen LogP contribution in [0, 0.1) is 31.3 Å². The molecule has 94 valence electrons. The number of nitrogens with zero attached hydrogens (tertiary/aromatic N) is 2. The van der Waals surface area contributed by atoms with E-state index in [4.69, 9.17) is 11.6 Å². The van der Waals surface area contributed by atoms with E-state index in [9.17, 15) is 13.2 Å². The summed E-state index contributed by atoms with van der Waals surface area (Å²) in [6.45, 7) is 3.36. The molecule has 6 heteroatoms. The molecular weight excluding hydrogens is 265 g/mol. The van der Waals surface area contributed by atoms with Crippen LogP contribution in [-0.2, 0) is 0 Å². The molecule has 0 aliphatic rings.